The lowest BCUT2D eigenvalue weighted by Crippen LogP contribution is -2.09. The number of rotatable bonds is 1. The van der Waals surface area contributed by atoms with Crippen LogP contribution in [-0.4, -0.2) is 9.38 Å². The molecule has 2 nitrogen and oxygen atoms in total. The van der Waals surface area contributed by atoms with E-state index in [4.69, 9.17) is 4.98 Å². The van der Waals surface area contributed by atoms with Crippen LogP contribution in [0.25, 0.3) is 5.65 Å². The van der Waals surface area contributed by atoms with Crippen LogP contribution >= 0.6 is 15.9 Å². The van der Waals surface area contributed by atoms with Crippen LogP contribution in [0.3, 0.4) is 0 Å². The summed E-state index contributed by atoms with van der Waals surface area (Å²) in [5.74, 6) is 0.663. The molecule has 0 saturated heterocycles. The molecule has 3 rings (SSSR count). The van der Waals surface area contributed by atoms with Crippen molar-refractivity contribution in [2.24, 2.45) is 0 Å². The maximum absolute atomic E-state index is 4.82. The Hall–Kier alpha value is -0.830. The molecule has 0 N–H and O–H groups in total. The summed E-state index contributed by atoms with van der Waals surface area (Å²) in [6.07, 6.45) is 7.10. The Balaban J connectivity index is 2.28. The number of fused-ring (bicyclic) bond motifs is 3. The molecule has 16 heavy (non-hydrogen) atoms. The molecule has 0 bridgehead atoms. The van der Waals surface area contributed by atoms with Gasteiger partial charge in [0.2, 0.25) is 0 Å². The molecule has 0 aromatic carbocycles. The van der Waals surface area contributed by atoms with Gasteiger partial charge in [0.1, 0.15) is 0 Å². The Labute approximate surface area is 104 Å². The third-order valence-electron chi connectivity index (χ3n) is 3.58. The van der Waals surface area contributed by atoms with Crippen molar-refractivity contribution >= 4 is 21.6 Å². The predicted molar refractivity (Wildman–Crippen MR) is 68.9 cm³/mol. The highest BCUT2D eigenvalue weighted by Gasteiger charge is 2.24. The first-order valence-electron chi connectivity index (χ1n) is 5.96. The smallest absolute Gasteiger partial charge is 0.151 e. The lowest BCUT2D eigenvalue weighted by Gasteiger charge is -2.19. The van der Waals surface area contributed by atoms with Crippen LogP contribution in [0, 0.1) is 0 Å². The Morgan fingerprint density at radius 3 is 3.25 bits per heavy atom. The van der Waals surface area contributed by atoms with Crippen molar-refractivity contribution in [1.29, 1.82) is 0 Å². The Morgan fingerprint density at radius 2 is 2.44 bits per heavy atom. The van der Waals surface area contributed by atoms with Gasteiger partial charge in [0.15, 0.2) is 5.65 Å². The molecular formula is C13H15BrN2. The van der Waals surface area contributed by atoms with Gasteiger partial charge in [0.25, 0.3) is 0 Å². The standard InChI is InChI=1S/C13H15BrN2/c1-2-9-5-3-7-11-12(9)15-13-10(14)6-4-8-16(11)13/h4,6,8-9H,2-3,5,7H2,1H3. The molecular weight excluding hydrogens is 264 g/mol. The topological polar surface area (TPSA) is 17.3 Å². The van der Waals surface area contributed by atoms with E-state index < -0.39 is 0 Å². The molecule has 2 heterocycles. The average molecular weight is 279 g/mol. The normalized spacial score (nSPS) is 20.0. The van der Waals surface area contributed by atoms with Gasteiger partial charge in [0, 0.05) is 17.8 Å². The lowest BCUT2D eigenvalue weighted by atomic mass is 9.88. The van der Waals surface area contributed by atoms with Gasteiger partial charge in [0.05, 0.1) is 10.2 Å². The summed E-state index contributed by atoms with van der Waals surface area (Å²) in [5.41, 5.74) is 3.84. The summed E-state index contributed by atoms with van der Waals surface area (Å²) in [6.45, 7) is 2.26. The number of pyridine rings is 1. The van der Waals surface area contributed by atoms with Crippen molar-refractivity contribution in [3.8, 4) is 0 Å². The number of nitrogens with zero attached hydrogens (tertiary/aromatic N) is 2. The van der Waals surface area contributed by atoms with Gasteiger partial charge in [-0.1, -0.05) is 6.92 Å². The predicted octanol–water partition coefficient (Wildman–Crippen LogP) is 3.93. The van der Waals surface area contributed by atoms with Crippen molar-refractivity contribution in [2.45, 2.75) is 38.5 Å². The molecule has 0 spiro atoms. The van der Waals surface area contributed by atoms with Crippen molar-refractivity contribution in [2.75, 3.05) is 0 Å². The first-order valence-corrected chi connectivity index (χ1v) is 6.76. The minimum Gasteiger partial charge on any atom is -0.303 e. The summed E-state index contributed by atoms with van der Waals surface area (Å²) < 4.78 is 3.35. The SMILES string of the molecule is CCC1CCCc2c1nc1c(Br)cccn21. The molecule has 84 valence electrons. The van der Waals surface area contributed by atoms with E-state index in [1.807, 2.05) is 0 Å². The van der Waals surface area contributed by atoms with E-state index in [0.717, 1.165) is 10.1 Å². The highest BCUT2D eigenvalue weighted by molar-refractivity contribution is 9.10. The third kappa shape index (κ3) is 1.41. The van der Waals surface area contributed by atoms with Crippen molar-refractivity contribution in [3.05, 3.63) is 34.2 Å². The van der Waals surface area contributed by atoms with E-state index in [-0.39, 0.29) is 0 Å². The summed E-state index contributed by atoms with van der Waals surface area (Å²) >= 11 is 3.58. The molecule has 1 aliphatic carbocycles. The van der Waals surface area contributed by atoms with Crippen molar-refractivity contribution < 1.29 is 0 Å². The summed E-state index contributed by atoms with van der Waals surface area (Å²) in [6, 6.07) is 4.14. The Bertz CT molecular complexity index is 530. The van der Waals surface area contributed by atoms with Gasteiger partial charge >= 0.3 is 0 Å². The summed E-state index contributed by atoms with van der Waals surface area (Å²) in [4.78, 5) is 4.82. The molecule has 2 aromatic rings. The fraction of sp³-hybridized carbons (Fsp3) is 0.462. The van der Waals surface area contributed by atoms with Gasteiger partial charge in [-0.2, -0.15) is 0 Å². The van der Waals surface area contributed by atoms with Crippen LogP contribution in [0.2, 0.25) is 0 Å². The molecule has 0 fully saturated rings. The summed E-state index contributed by atoms with van der Waals surface area (Å²) in [7, 11) is 0. The van der Waals surface area contributed by atoms with E-state index in [1.54, 1.807) is 0 Å². The zero-order valence-electron chi connectivity index (χ0n) is 9.41. The second-order valence-corrected chi connectivity index (χ2v) is 5.35. The Morgan fingerprint density at radius 1 is 1.56 bits per heavy atom. The lowest BCUT2D eigenvalue weighted by molar-refractivity contribution is 0.523. The molecule has 0 saturated carbocycles. The van der Waals surface area contributed by atoms with Gasteiger partial charge in [-0.05, 0) is 53.7 Å². The first-order chi connectivity index (χ1) is 7.81. The summed E-state index contributed by atoms with van der Waals surface area (Å²) in [5, 5.41) is 0. The first kappa shape index (κ1) is 10.3. The van der Waals surface area contributed by atoms with Crippen LogP contribution in [-0.2, 0) is 6.42 Å². The van der Waals surface area contributed by atoms with Crippen LogP contribution in [0.5, 0.6) is 0 Å². The Kier molecular flexibility index (Phi) is 2.51. The maximum atomic E-state index is 4.82. The number of hydrogen-bond donors (Lipinski definition) is 0. The fourth-order valence-corrected chi connectivity index (χ4v) is 3.16. The highest BCUT2D eigenvalue weighted by Crippen LogP contribution is 2.34. The van der Waals surface area contributed by atoms with Crippen LogP contribution in [0.4, 0.5) is 0 Å². The molecule has 0 amide bonds. The highest BCUT2D eigenvalue weighted by atomic mass is 79.9. The quantitative estimate of drug-likeness (QED) is 0.773. The van der Waals surface area contributed by atoms with Crippen molar-refractivity contribution in [1.82, 2.24) is 9.38 Å². The van der Waals surface area contributed by atoms with Gasteiger partial charge in [-0.3, -0.25) is 0 Å². The molecule has 0 radical (unpaired) electrons. The number of aryl methyl sites for hydroxylation is 1. The third-order valence-corrected chi connectivity index (χ3v) is 4.20. The zero-order chi connectivity index (χ0) is 11.1. The van der Waals surface area contributed by atoms with E-state index >= 15 is 0 Å². The van der Waals surface area contributed by atoms with E-state index in [0.29, 0.717) is 5.92 Å². The minimum atomic E-state index is 0.663. The molecule has 2 aromatic heterocycles. The largest absolute Gasteiger partial charge is 0.303 e. The van der Waals surface area contributed by atoms with E-state index in [1.165, 1.54) is 37.1 Å². The molecule has 1 atom stereocenters. The van der Waals surface area contributed by atoms with E-state index in [9.17, 15) is 0 Å². The number of halogens is 1. The minimum absolute atomic E-state index is 0.663. The van der Waals surface area contributed by atoms with Crippen LogP contribution in [0.1, 0.15) is 43.5 Å². The molecule has 0 aliphatic heterocycles. The second kappa shape index (κ2) is 3.88. The second-order valence-electron chi connectivity index (χ2n) is 4.49. The van der Waals surface area contributed by atoms with Crippen LogP contribution in [0.15, 0.2) is 22.8 Å². The van der Waals surface area contributed by atoms with Crippen LogP contribution < -0.4 is 0 Å². The fourth-order valence-electron chi connectivity index (χ4n) is 2.73. The molecule has 3 heteroatoms. The monoisotopic (exact) mass is 278 g/mol. The van der Waals surface area contributed by atoms with Gasteiger partial charge in [-0.25, -0.2) is 4.98 Å². The zero-order valence-corrected chi connectivity index (χ0v) is 11.0. The molecule has 1 unspecified atom stereocenters. The maximum Gasteiger partial charge on any atom is 0.151 e. The van der Waals surface area contributed by atoms with Gasteiger partial charge < -0.3 is 4.40 Å². The van der Waals surface area contributed by atoms with E-state index in [2.05, 4.69) is 45.6 Å². The van der Waals surface area contributed by atoms with Crippen molar-refractivity contribution in [3.63, 3.8) is 0 Å². The number of imidazole rings is 1. The van der Waals surface area contributed by atoms with Gasteiger partial charge in [-0.15, -0.1) is 0 Å². The molecule has 1 aliphatic rings. The number of aromatic nitrogens is 2. The number of hydrogen-bond acceptors (Lipinski definition) is 1. The average Bonchev–Trinajstić information content (AvgIpc) is 2.69.